The van der Waals surface area contributed by atoms with E-state index in [1.54, 1.807) is 0 Å². The third kappa shape index (κ3) is 4.37. The van der Waals surface area contributed by atoms with Crippen LogP contribution in [0.5, 0.6) is 0 Å². The van der Waals surface area contributed by atoms with Gasteiger partial charge in [0.25, 0.3) is 0 Å². The number of nitrogens with zero attached hydrogens (tertiary/aromatic N) is 2. The summed E-state index contributed by atoms with van der Waals surface area (Å²) in [5, 5.41) is 8.27. The van der Waals surface area contributed by atoms with E-state index in [9.17, 15) is 18.0 Å². The van der Waals surface area contributed by atoms with Crippen LogP contribution in [-0.4, -0.2) is 41.7 Å². The van der Waals surface area contributed by atoms with Crippen molar-refractivity contribution in [3.63, 3.8) is 0 Å². The highest BCUT2D eigenvalue weighted by atomic mass is 19.4. The number of alkyl halides is 3. The average Bonchev–Trinajstić information content (AvgIpc) is 3.48. The lowest BCUT2D eigenvalue weighted by molar-refractivity contribution is -0.187. The van der Waals surface area contributed by atoms with Gasteiger partial charge in [0.1, 0.15) is 11.8 Å². The molecular formula is C22H29F3N4O. The number of carbonyl (C=O) groups excluding carboxylic acids is 1. The number of rotatable bonds is 4. The number of nitrogens with one attached hydrogen (secondary N) is 1. The highest BCUT2D eigenvalue weighted by Gasteiger charge is 2.56. The van der Waals surface area contributed by atoms with E-state index in [0.717, 1.165) is 25.3 Å². The topological polar surface area (TPSA) is 82.5 Å². The molecule has 1 heterocycles. The summed E-state index contributed by atoms with van der Waals surface area (Å²) in [4.78, 5) is 18.0. The van der Waals surface area contributed by atoms with Crippen LogP contribution in [0.25, 0.3) is 0 Å². The Balaban J connectivity index is 1.69. The van der Waals surface area contributed by atoms with Gasteiger partial charge in [0, 0.05) is 24.1 Å². The molecule has 3 atom stereocenters. The molecule has 1 aromatic carbocycles. The fourth-order valence-electron chi connectivity index (χ4n) is 4.54. The molecule has 30 heavy (non-hydrogen) atoms. The van der Waals surface area contributed by atoms with Crippen LogP contribution in [-0.2, 0) is 4.79 Å². The van der Waals surface area contributed by atoms with Crippen molar-refractivity contribution in [1.82, 2.24) is 4.90 Å². The number of piperidine rings is 1. The van der Waals surface area contributed by atoms with E-state index in [1.165, 1.54) is 4.90 Å². The summed E-state index contributed by atoms with van der Waals surface area (Å²) in [5.41, 5.74) is 7.82. The summed E-state index contributed by atoms with van der Waals surface area (Å²) >= 11 is 0. The van der Waals surface area contributed by atoms with Crippen LogP contribution in [0.3, 0.4) is 0 Å². The van der Waals surface area contributed by atoms with E-state index in [4.69, 9.17) is 11.1 Å². The summed E-state index contributed by atoms with van der Waals surface area (Å²) in [6.45, 7) is 5.43. The number of nitrogens with two attached hydrogens (primary N) is 1. The quantitative estimate of drug-likeness (QED) is 0.565. The predicted molar refractivity (Wildman–Crippen MR) is 110 cm³/mol. The Morgan fingerprint density at radius 3 is 2.40 bits per heavy atom. The van der Waals surface area contributed by atoms with Crippen molar-refractivity contribution < 1.29 is 18.0 Å². The number of benzene rings is 1. The van der Waals surface area contributed by atoms with E-state index in [1.807, 2.05) is 38.1 Å². The summed E-state index contributed by atoms with van der Waals surface area (Å²) in [6, 6.07) is 7.50. The van der Waals surface area contributed by atoms with Crippen LogP contribution in [0.2, 0.25) is 0 Å². The van der Waals surface area contributed by atoms with Crippen molar-refractivity contribution in [2.45, 2.75) is 46.2 Å². The zero-order valence-electron chi connectivity index (χ0n) is 17.6. The molecule has 1 aromatic rings. The zero-order valence-corrected chi connectivity index (χ0v) is 17.6. The maximum absolute atomic E-state index is 12.9. The minimum atomic E-state index is -4.53. The summed E-state index contributed by atoms with van der Waals surface area (Å²) in [6.07, 6.45) is -2.23. The maximum atomic E-state index is 12.9. The molecule has 0 spiro atoms. The number of aryl methyl sites for hydroxylation is 1. The van der Waals surface area contributed by atoms with E-state index in [-0.39, 0.29) is 29.6 Å². The summed E-state index contributed by atoms with van der Waals surface area (Å²) in [7, 11) is 0. The Morgan fingerprint density at radius 1 is 1.30 bits per heavy atom. The van der Waals surface area contributed by atoms with E-state index in [0.29, 0.717) is 24.4 Å². The second-order valence-corrected chi connectivity index (χ2v) is 8.79. The van der Waals surface area contributed by atoms with Gasteiger partial charge in [-0.3, -0.25) is 10.2 Å². The Bertz CT molecular complexity index is 843. The van der Waals surface area contributed by atoms with Gasteiger partial charge in [-0.1, -0.05) is 36.8 Å². The molecule has 0 bridgehead atoms. The lowest BCUT2D eigenvalue weighted by Crippen LogP contribution is -2.50. The molecule has 5 nitrogen and oxygen atoms in total. The van der Waals surface area contributed by atoms with Gasteiger partial charge in [-0.05, 0) is 44.9 Å². The number of carbonyl (C=O) groups is 1. The van der Waals surface area contributed by atoms with Gasteiger partial charge in [-0.25, -0.2) is 4.99 Å². The number of amides is 1. The van der Waals surface area contributed by atoms with Gasteiger partial charge in [0.15, 0.2) is 5.84 Å². The zero-order chi connectivity index (χ0) is 22.3. The molecule has 1 aliphatic heterocycles. The van der Waals surface area contributed by atoms with Gasteiger partial charge in [-0.15, -0.1) is 0 Å². The van der Waals surface area contributed by atoms with Crippen molar-refractivity contribution in [3.05, 3.63) is 35.4 Å². The third-order valence-electron chi connectivity index (χ3n) is 6.64. The van der Waals surface area contributed by atoms with Gasteiger partial charge in [-0.2, -0.15) is 13.2 Å². The number of likely N-dealkylation sites (tertiary alicyclic amines) is 1. The number of hydrogen-bond acceptors (Lipinski definition) is 2. The molecule has 0 radical (unpaired) electrons. The molecule has 164 valence electrons. The number of aliphatic imine (C=N–C) groups is 1. The lowest BCUT2D eigenvalue weighted by atomic mass is 9.74. The molecule has 1 amide bonds. The molecule has 3 rings (SSSR count). The van der Waals surface area contributed by atoms with E-state index >= 15 is 0 Å². The third-order valence-corrected chi connectivity index (χ3v) is 6.64. The summed E-state index contributed by atoms with van der Waals surface area (Å²) in [5.74, 6) is -2.17. The minimum absolute atomic E-state index is 0.00735. The fourth-order valence-corrected chi connectivity index (χ4v) is 4.54. The number of hydrogen-bond donors (Lipinski definition) is 2. The van der Waals surface area contributed by atoms with Crippen molar-refractivity contribution in [3.8, 4) is 0 Å². The number of halogens is 3. The van der Waals surface area contributed by atoms with Gasteiger partial charge in [0.05, 0.1) is 0 Å². The van der Waals surface area contributed by atoms with Crippen molar-refractivity contribution in [2.75, 3.05) is 13.1 Å². The first-order chi connectivity index (χ1) is 14.0. The van der Waals surface area contributed by atoms with Crippen LogP contribution < -0.4 is 5.73 Å². The Morgan fingerprint density at radius 2 is 1.90 bits per heavy atom. The molecular weight excluding hydrogens is 393 g/mol. The van der Waals surface area contributed by atoms with Crippen LogP contribution in [0.4, 0.5) is 13.2 Å². The molecule has 3 N–H and O–H groups in total. The van der Waals surface area contributed by atoms with Gasteiger partial charge >= 0.3 is 6.18 Å². The SMILES string of the molecule is Cc1ccc(C(=N)N=C(N)C2(C3CCN(C(=O)[C@H](C)C(F)(F)F)CC3C)CC2)cc1. The van der Waals surface area contributed by atoms with Crippen LogP contribution in [0.15, 0.2) is 29.3 Å². The first kappa shape index (κ1) is 22.3. The molecule has 2 aliphatic rings. The Labute approximate surface area is 175 Å². The van der Waals surface area contributed by atoms with Gasteiger partial charge in [0.2, 0.25) is 5.91 Å². The molecule has 1 aliphatic carbocycles. The second kappa shape index (κ2) is 8.04. The Kier molecular flexibility index (Phi) is 5.98. The standard InChI is InChI=1S/C22H29F3N4O/c1-13-4-6-16(7-5-13)18(26)28-20(27)21(9-10-21)17-8-11-29(12-14(17)2)19(30)15(3)22(23,24)25/h4-7,14-15,17H,8-12H2,1-3H3,(H3,26,27,28)/t14?,15-,17?/m0/s1. The Hall–Kier alpha value is -2.38. The predicted octanol–water partition coefficient (Wildman–Crippen LogP) is 4.14. The van der Waals surface area contributed by atoms with Crippen LogP contribution in [0.1, 0.15) is 44.2 Å². The smallest absolute Gasteiger partial charge is 0.387 e. The van der Waals surface area contributed by atoms with E-state index in [2.05, 4.69) is 4.99 Å². The molecule has 2 fully saturated rings. The highest BCUT2D eigenvalue weighted by molar-refractivity contribution is 6.06. The molecule has 1 saturated heterocycles. The van der Waals surface area contributed by atoms with Crippen molar-refractivity contribution in [1.29, 1.82) is 5.41 Å². The largest absolute Gasteiger partial charge is 0.400 e. The second-order valence-electron chi connectivity index (χ2n) is 8.79. The molecule has 1 saturated carbocycles. The first-order valence-electron chi connectivity index (χ1n) is 10.3. The lowest BCUT2D eigenvalue weighted by Gasteiger charge is -2.41. The van der Waals surface area contributed by atoms with Crippen molar-refractivity contribution in [2.24, 2.45) is 33.9 Å². The van der Waals surface area contributed by atoms with Gasteiger partial charge < -0.3 is 10.6 Å². The van der Waals surface area contributed by atoms with E-state index < -0.39 is 18.0 Å². The monoisotopic (exact) mass is 422 g/mol. The minimum Gasteiger partial charge on any atom is -0.387 e. The van der Waals surface area contributed by atoms with Crippen LogP contribution >= 0.6 is 0 Å². The number of amidine groups is 2. The fraction of sp³-hybridized carbons (Fsp3) is 0.591. The molecule has 0 aromatic heterocycles. The first-order valence-corrected chi connectivity index (χ1v) is 10.3. The summed E-state index contributed by atoms with van der Waals surface area (Å²) < 4.78 is 38.8. The van der Waals surface area contributed by atoms with Crippen molar-refractivity contribution >= 4 is 17.6 Å². The molecule has 8 heteroatoms. The maximum Gasteiger partial charge on any atom is 0.400 e. The average molecular weight is 422 g/mol. The normalized spacial score (nSPS) is 25.0. The molecule has 2 unspecified atom stereocenters. The highest BCUT2D eigenvalue weighted by Crippen LogP contribution is 2.57. The van der Waals surface area contributed by atoms with Crippen LogP contribution in [0, 0.1) is 35.5 Å².